The number of cyclic esters (lactones) is 1. The lowest BCUT2D eigenvalue weighted by atomic mass is 9.65. The standard InChI is InChI=1S/C24H28N2O7/c1-25-4-5-26-22-14-9-17-16(32-11-33-17)8-13(14)20(21-15(22)10-31-24(21)28)12-6-18(29-2)23(27)19(7-12)30-3/h6-9,15,20-22,25-27H,4-5,10-11H2,1-3H3/t15-,20+,21-,22+/m0/s1. The monoisotopic (exact) mass is 456 g/mol. The number of hydrogen-bond acceptors (Lipinski definition) is 9. The number of rotatable bonds is 7. The molecule has 4 atom stereocenters. The molecular weight excluding hydrogens is 428 g/mol. The van der Waals surface area contributed by atoms with Crippen molar-refractivity contribution in [1.29, 1.82) is 0 Å². The third kappa shape index (κ3) is 3.52. The van der Waals surface area contributed by atoms with E-state index >= 15 is 0 Å². The number of carbonyl (C=O) groups excluding carboxylic acids is 1. The molecule has 0 bridgehead atoms. The van der Waals surface area contributed by atoms with Gasteiger partial charge in [0.25, 0.3) is 0 Å². The maximum Gasteiger partial charge on any atom is 0.310 e. The first kappa shape index (κ1) is 21.7. The van der Waals surface area contributed by atoms with Crippen LogP contribution in [0.15, 0.2) is 24.3 Å². The van der Waals surface area contributed by atoms with Gasteiger partial charge >= 0.3 is 5.97 Å². The van der Waals surface area contributed by atoms with Gasteiger partial charge in [-0.1, -0.05) is 0 Å². The van der Waals surface area contributed by atoms with E-state index in [4.69, 9.17) is 23.7 Å². The molecule has 176 valence electrons. The zero-order valence-electron chi connectivity index (χ0n) is 18.8. The molecule has 33 heavy (non-hydrogen) atoms. The van der Waals surface area contributed by atoms with Crippen LogP contribution in [0.2, 0.25) is 0 Å². The van der Waals surface area contributed by atoms with Gasteiger partial charge in [-0.05, 0) is 48.0 Å². The van der Waals surface area contributed by atoms with E-state index in [0.29, 0.717) is 18.1 Å². The van der Waals surface area contributed by atoms with E-state index < -0.39 is 5.92 Å². The Labute approximate surface area is 191 Å². The molecule has 9 heteroatoms. The van der Waals surface area contributed by atoms with Gasteiger partial charge in [0.05, 0.1) is 26.7 Å². The average molecular weight is 456 g/mol. The summed E-state index contributed by atoms with van der Waals surface area (Å²) >= 11 is 0. The highest BCUT2D eigenvalue weighted by atomic mass is 16.7. The summed E-state index contributed by atoms with van der Waals surface area (Å²) in [6.07, 6.45) is 0. The van der Waals surface area contributed by atoms with Crippen molar-refractivity contribution >= 4 is 5.97 Å². The zero-order chi connectivity index (χ0) is 23.1. The molecule has 0 radical (unpaired) electrons. The van der Waals surface area contributed by atoms with Gasteiger partial charge in [-0.15, -0.1) is 0 Å². The van der Waals surface area contributed by atoms with Crippen LogP contribution < -0.4 is 29.6 Å². The van der Waals surface area contributed by atoms with Gasteiger partial charge < -0.3 is 39.4 Å². The van der Waals surface area contributed by atoms with Gasteiger partial charge in [-0.3, -0.25) is 4.79 Å². The van der Waals surface area contributed by atoms with Crippen LogP contribution in [0.3, 0.4) is 0 Å². The molecule has 0 saturated carbocycles. The van der Waals surface area contributed by atoms with E-state index in [0.717, 1.165) is 29.8 Å². The van der Waals surface area contributed by atoms with Gasteiger partial charge in [0, 0.05) is 31.0 Å². The molecule has 2 heterocycles. The Morgan fingerprint density at radius 1 is 1.00 bits per heavy atom. The summed E-state index contributed by atoms with van der Waals surface area (Å²) < 4.78 is 27.7. The maximum atomic E-state index is 13.1. The number of phenols is 1. The summed E-state index contributed by atoms with van der Waals surface area (Å²) in [5, 5.41) is 17.2. The Hall–Kier alpha value is -3.17. The average Bonchev–Trinajstić information content (AvgIpc) is 3.44. The predicted molar refractivity (Wildman–Crippen MR) is 118 cm³/mol. The lowest BCUT2D eigenvalue weighted by molar-refractivity contribution is -0.141. The number of carbonyl (C=O) groups is 1. The fourth-order valence-corrected chi connectivity index (χ4v) is 5.27. The molecule has 2 aromatic rings. The fraction of sp³-hybridized carbons (Fsp3) is 0.458. The highest BCUT2D eigenvalue weighted by Gasteiger charge is 2.52. The predicted octanol–water partition coefficient (Wildman–Crippen LogP) is 1.92. The van der Waals surface area contributed by atoms with E-state index in [2.05, 4.69) is 10.6 Å². The molecule has 2 aliphatic heterocycles. The largest absolute Gasteiger partial charge is 0.502 e. The van der Waals surface area contributed by atoms with Crippen molar-refractivity contribution in [2.45, 2.75) is 12.0 Å². The first-order valence-electron chi connectivity index (χ1n) is 11.0. The van der Waals surface area contributed by atoms with Crippen molar-refractivity contribution in [2.75, 3.05) is 47.8 Å². The number of nitrogens with one attached hydrogen (secondary N) is 2. The first-order valence-corrected chi connectivity index (χ1v) is 11.0. The highest BCUT2D eigenvalue weighted by Crippen LogP contribution is 2.55. The summed E-state index contributed by atoms with van der Waals surface area (Å²) in [5.41, 5.74) is 2.80. The summed E-state index contributed by atoms with van der Waals surface area (Å²) in [6.45, 7) is 2.02. The van der Waals surface area contributed by atoms with Crippen molar-refractivity contribution in [2.24, 2.45) is 11.8 Å². The number of fused-ring (bicyclic) bond motifs is 3. The second-order valence-electron chi connectivity index (χ2n) is 8.44. The van der Waals surface area contributed by atoms with E-state index in [1.807, 2.05) is 19.2 Å². The Balaban J connectivity index is 1.69. The Morgan fingerprint density at radius 2 is 1.67 bits per heavy atom. The minimum absolute atomic E-state index is 0.0713. The lowest BCUT2D eigenvalue weighted by Crippen LogP contribution is -2.42. The van der Waals surface area contributed by atoms with Crippen molar-refractivity contribution < 1.29 is 33.6 Å². The number of benzene rings is 2. The molecule has 0 amide bonds. The van der Waals surface area contributed by atoms with E-state index in [1.165, 1.54) is 14.2 Å². The second-order valence-corrected chi connectivity index (χ2v) is 8.44. The van der Waals surface area contributed by atoms with Gasteiger partial charge in [0.15, 0.2) is 23.0 Å². The smallest absolute Gasteiger partial charge is 0.310 e. The minimum Gasteiger partial charge on any atom is -0.502 e. The van der Waals surface area contributed by atoms with Crippen LogP contribution in [0.25, 0.3) is 0 Å². The van der Waals surface area contributed by atoms with Crippen molar-refractivity contribution in [3.8, 4) is 28.7 Å². The molecule has 0 aromatic heterocycles. The summed E-state index contributed by atoms with van der Waals surface area (Å²) in [7, 11) is 4.88. The second kappa shape index (κ2) is 8.64. The van der Waals surface area contributed by atoms with Crippen LogP contribution in [0, 0.1) is 11.8 Å². The first-order chi connectivity index (χ1) is 16.1. The van der Waals surface area contributed by atoms with Crippen LogP contribution in [-0.4, -0.2) is 58.8 Å². The topological polar surface area (TPSA) is 108 Å². The number of hydrogen-bond donors (Lipinski definition) is 3. The highest BCUT2D eigenvalue weighted by molar-refractivity contribution is 5.79. The zero-order valence-corrected chi connectivity index (χ0v) is 18.8. The third-order valence-electron chi connectivity index (χ3n) is 6.79. The van der Waals surface area contributed by atoms with E-state index in [1.54, 1.807) is 12.1 Å². The SMILES string of the molecule is CNCCN[C@@H]1c2cc3c(cc2[C@@H](c2cc(OC)c(O)c(OC)c2)[C@H]2C(=O)OC[C@@H]21)OCO3. The Bertz CT molecular complexity index is 1050. The molecule has 1 saturated heterocycles. The van der Waals surface area contributed by atoms with Crippen LogP contribution in [0.1, 0.15) is 28.7 Å². The summed E-state index contributed by atoms with van der Waals surface area (Å²) in [4.78, 5) is 13.1. The number of aromatic hydroxyl groups is 1. The third-order valence-corrected chi connectivity index (χ3v) is 6.79. The molecule has 0 unspecified atom stereocenters. The van der Waals surface area contributed by atoms with Crippen molar-refractivity contribution in [3.63, 3.8) is 0 Å². The van der Waals surface area contributed by atoms with E-state index in [-0.39, 0.29) is 47.9 Å². The van der Waals surface area contributed by atoms with Crippen LogP contribution in [0.4, 0.5) is 0 Å². The van der Waals surface area contributed by atoms with Crippen LogP contribution in [-0.2, 0) is 9.53 Å². The van der Waals surface area contributed by atoms with Gasteiger partial charge in [0.2, 0.25) is 12.5 Å². The number of ether oxygens (including phenoxy) is 5. The molecule has 5 rings (SSSR count). The Morgan fingerprint density at radius 3 is 2.30 bits per heavy atom. The van der Waals surface area contributed by atoms with Crippen molar-refractivity contribution in [3.05, 3.63) is 41.0 Å². The van der Waals surface area contributed by atoms with Crippen LogP contribution >= 0.6 is 0 Å². The normalized spacial score (nSPS) is 24.8. The molecule has 3 aliphatic rings. The quantitative estimate of drug-likeness (QED) is 0.425. The number of methoxy groups -OCH3 is 2. The van der Waals surface area contributed by atoms with Crippen molar-refractivity contribution in [1.82, 2.24) is 10.6 Å². The summed E-state index contributed by atoms with van der Waals surface area (Å²) in [6, 6.07) is 7.40. The van der Waals surface area contributed by atoms with Crippen LogP contribution in [0.5, 0.6) is 28.7 Å². The number of likely N-dealkylation sites (N-methyl/N-ethyl adjacent to an activating group) is 1. The molecular formula is C24H28N2O7. The Kier molecular flexibility index (Phi) is 5.67. The van der Waals surface area contributed by atoms with Gasteiger partial charge in [-0.2, -0.15) is 0 Å². The minimum atomic E-state index is -0.413. The molecule has 3 N–H and O–H groups in total. The lowest BCUT2D eigenvalue weighted by Gasteiger charge is -2.39. The maximum absolute atomic E-state index is 13.1. The molecule has 1 aliphatic carbocycles. The molecule has 1 fully saturated rings. The fourth-order valence-electron chi connectivity index (χ4n) is 5.27. The molecule has 0 spiro atoms. The van der Waals surface area contributed by atoms with E-state index in [9.17, 15) is 9.90 Å². The van der Waals surface area contributed by atoms with Gasteiger partial charge in [-0.25, -0.2) is 0 Å². The molecule has 9 nitrogen and oxygen atoms in total. The number of phenolic OH excluding ortho intramolecular Hbond substituents is 1. The molecule has 2 aromatic carbocycles. The van der Waals surface area contributed by atoms with Gasteiger partial charge in [0.1, 0.15) is 0 Å². The summed E-state index contributed by atoms with van der Waals surface area (Å²) in [5.74, 6) is 0.768. The number of esters is 1.